The molecular formula is C21H21FN2O3S. The summed E-state index contributed by atoms with van der Waals surface area (Å²) in [7, 11) is 1.54. The first-order valence-corrected chi connectivity index (χ1v) is 9.32. The van der Waals surface area contributed by atoms with Crippen LogP contribution in [0.5, 0.6) is 11.5 Å². The lowest BCUT2D eigenvalue weighted by Gasteiger charge is -2.12. The van der Waals surface area contributed by atoms with E-state index in [1.54, 1.807) is 42.4 Å². The molecule has 7 heteroatoms. The third-order valence-corrected chi connectivity index (χ3v) is 4.51. The summed E-state index contributed by atoms with van der Waals surface area (Å²) >= 11 is 5.22. The van der Waals surface area contributed by atoms with Crippen molar-refractivity contribution in [3.05, 3.63) is 65.1 Å². The van der Waals surface area contributed by atoms with E-state index in [9.17, 15) is 9.18 Å². The van der Waals surface area contributed by atoms with Gasteiger partial charge in [-0.1, -0.05) is 25.1 Å². The van der Waals surface area contributed by atoms with Crippen LogP contribution in [0.2, 0.25) is 0 Å². The number of amides is 1. The van der Waals surface area contributed by atoms with Gasteiger partial charge in [0.25, 0.3) is 5.91 Å². The Morgan fingerprint density at radius 1 is 1.21 bits per heavy atom. The van der Waals surface area contributed by atoms with E-state index in [1.165, 1.54) is 12.1 Å². The van der Waals surface area contributed by atoms with Crippen molar-refractivity contribution >= 4 is 29.3 Å². The third kappa shape index (κ3) is 4.48. The van der Waals surface area contributed by atoms with Crippen LogP contribution in [0.25, 0.3) is 6.08 Å². The fourth-order valence-electron chi connectivity index (χ4n) is 2.85. The zero-order valence-electron chi connectivity index (χ0n) is 15.7. The molecule has 1 aliphatic heterocycles. The molecule has 0 saturated carbocycles. The summed E-state index contributed by atoms with van der Waals surface area (Å²) in [5.41, 5.74) is 1.92. The maximum absolute atomic E-state index is 13.3. The maximum atomic E-state index is 13.3. The smallest absolute Gasteiger partial charge is 0.276 e. The number of carbonyl (C=O) groups is 1. The predicted octanol–water partition coefficient (Wildman–Crippen LogP) is 3.88. The fraction of sp³-hybridized carbons (Fsp3) is 0.238. The molecule has 1 heterocycles. The van der Waals surface area contributed by atoms with Gasteiger partial charge in [-0.2, -0.15) is 0 Å². The second-order valence-corrected chi connectivity index (χ2v) is 6.66. The average Bonchev–Trinajstić information content (AvgIpc) is 2.94. The molecular weight excluding hydrogens is 379 g/mol. The average molecular weight is 400 g/mol. The van der Waals surface area contributed by atoms with Gasteiger partial charge in [-0.15, -0.1) is 0 Å². The Labute approximate surface area is 168 Å². The highest BCUT2D eigenvalue weighted by molar-refractivity contribution is 7.80. The Bertz CT molecular complexity index is 930. The topological polar surface area (TPSA) is 50.8 Å². The number of thiocarbonyl (C=S) groups is 1. The minimum Gasteiger partial charge on any atom is -0.493 e. The van der Waals surface area contributed by atoms with E-state index >= 15 is 0 Å². The van der Waals surface area contributed by atoms with Gasteiger partial charge in [0.15, 0.2) is 16.6 Å². The van der Waals surface area contributed by atoms with Gasteiger partial charge in [-0.3, -0.25) is 9.69 Å². The van der Waals surface area contributed by atoms with Crippen molar-refractivity contribution in [2.24, 2.45) is 0 Å². The summed E-state index contributed by atoms with van der Waals surface area (Å²) in [6.07, 6.45) is 2.55. The lowest BCUT2D eigenvalue weighted by molar-refractivity contribution is -0.122. The summed E-state index contributed by atoms with van der Waals surface area (Å²) in [4.78, 5) is 14.0. The number of hydrogen-bond acceptors (Lipinski definition) is 4. The van der Waals surface area contributed by atoms with E-state index in [-0.39, 0.29) is 18.3 Å². The molecule has 2 aromatic rings. The standard InChI is InChI=1S/C21H21FN2O3S/c1-3-9-24-20(25)17(23-21(24)28)11-14-7-8-18(19(12-14)26-2)27-13-15-5-4-6-16(22)10-15/h4-8,10-12H,3,9,13H2,1-2H3,(H,23,28). The third-order valence-electron chi connectivity index (χ3n) is 4.19. The van der Waals surface area contributed by atoms with Gasteiger partial charge in [0.05, 0.1) is 7.11 Å². The van der Waals surface area contributed by atoms with Gasteiger partial charge in [-0.25, -0.2) is 4.39 Å². The van der Waals surface area contributed by atoms with E-state index in [4.69, 9.17) is 21.7 Å². The molecule has 0 aromatic heterocycles. The maximum Gasteiger partial charge on any atom is 0.276 e. The quantitative estimate of drug-likeness (QED) is 0.565. The number of nitrogens with one attached hydrogen (secondary N) is 1. The summed E-state index contributed by atoms with van der Waals surface area (Å²) in [5.74, 6) is 0.600. The van der Waals surface area contributed by atoms with Crippen LogP contribution in [-0.4, -0.2) is 29.6 Å². The Kier molecular flexibility index (Phi) is 6.26. The van der Waals surface area contributed by atoms with Crippen molar-refractivity contribution in [1.29, 1.82) is 0 Å². The largest absolute Gasteiger partial charge is 0.493 e. The zero-order valence-corrected chi connectivity index (χ0v) is 16.5. The van der Waals surface area contributed by atoms with Gasteiger partial charge in [0.1, 0.15) is 18.1 Å². The SMILES string of the molecule is CCCN1C(=O)C(=Cc2ccc(OCc3cccc(F)c3)c(OC)c2)NC1=S. The molecule has 1 aliphatic rings. The number of rotatable bonds is 7. The van der Waals surface area contributed by atoms with E-state index in [0.717, 1.165) is 17.5 Å². The molecule has 5 nitrogen and oxygen atoms in total. The molecule has 0 atom stereocenters. The van der Waals surface area contributed by atoms with Crippen LogP contribution < -0.4 is 14.8 Å². The molecule has 0 spiro atoms. The summed E-state index contributed by atoms with van der Waals surface area (Å²) in [6, 6.07) is 11.6. The fourth-order valence-corrected chi connectivity index (χ4v) is 3.13. The molecule has 3 rings (SSSR count). The highest BCUT2D eigenvalue weighted by Crippen LogP contribution is 2.30. The van der Waals surface area contributed by atoms with Crippen LogP contribution in [0, 0.1) is 5.82 Å². The first kappa shape index (κ1) is 19.8. The van der Waals surface area contributed by atoms with Crippen LogP contribution >= 0.6 is 12.2 Å². The highest BCUT2D eigenvalue weighted by Gasteiger charge is 2.29. The van der Waals surface area contributed by atoms with Gasteiger partial charge in [0, 0.05) is 6.54 Å². The number of carbonyl (C=O) groups excluding carboxylic acids is 1. The van der Waals surface area contributed by atoms with Gasteiger partial charge in [0.2, 0.25) is 0 Å². The van der Waals surface area contributed by atoms with Crippen LogP contribution in [0.3, 0.4) is 0 Å². The van der Waals surface area contributed by atoms with E-state index in [0.29, 0.717) is 28.9 Å². The molecule has 146 valence electrons. The Morgan fingerprint density at radius 3 is 2.75 bits per heavy atom. The minimum atomic E-state index is -0.307. The first-order chi connectivity index (χ1) is 13.5. The molecule has 0 radical (unpaired) electrons. The van der Waals surface area contributed by atoms with Crippen molar-refractivity contribution < 1.29 is 18.7 Å². The zero-order chi connectivity index (χ0) is 20.1. The van der Waals surface area contributed by atoms with Crippen molar-refractivity contribution in [3.8, 4) is 11.5 Å². The Balaban J connectivity index is 1.76. The minimum absolute atomic E-state index is 0.141. The normalized spacial score (nSPS) is 15.1. The van der Waals surface area contributed by atoms with E-state index in [1.807, 2.05) is 13.0 Å². The lowest BCUT2D eigenvalue weighted by atomic mass is 10.1. The number of ether oxygens (including phenoxy) is 2. The van der Waals surface area contributed by atoms with Crippen molar-refractivity contribution in [1.82, 2.24) is 10.2 Å². The second-order valence-electron chi connectivity index (χ2n) is 6.27. The monoisotopic (exact) mass is 400 g/mol. The second kappa shape index (κ2) is 8.84. The predicted molar refractivity (Wildman–Crippen MR) is 109 cm³/mol. The van der Waals surface area contributed by atoms with Gasteiger partial charge in [-0.05, 0) is 60.1 Å². The van der Waals surface area contributed by atoms with Crippen LogP contribution in [0.15, 0.2) is 48.2 Å². The number of benzene rings is 2. The first-order valence-electron chi connectivity index (χ1n) is 8.91. The number of methoxy groups -OCH3 is 1. The molecule has 1 amide bonds. The van der Waals surface area contributed by atoms with Crippen LogP contribution in [0.1, 0.15) is 24.5 Å². The highest BCUT2D eigenvalue weighted by atomic mass is 32.1. The molecule has 2 aromatic carbocycles. The molecule has 0 aliphatic carbocycles. The van der Waals surface area contributed by atoms with Crippen molar-refractivity contribution in [3.63, 3.8) is 0 Å². The van der Waals surface area contributed by atoms with E-state index < -0.39 is 0 Å². The Hall–Kier alpha value is -2.93. The summed E-state index contributed by atoms with van der Waals surface area (Å²) < 4.78 is 24.4. The van der Waals surface area contributed by atoms with Crippen molar-refractivity contribution in [2.45, 2.75) is 20.0 Å². The Morgan fingerprint density at radius 2 is 2.04 bits per heavy atom. The molecule has 28 heavy (non-hydrogen) atoms. The number of nitrogens with zero attached hydrogens (tertiary/aromatic N) is 1. The van der Waals surface area contributed by atoms with Gasteiger partial charge >= 0.3 is 0 Å². The molecule has 0 unspecified atom stereocenters. The number of halogens is 1. The van der Waals surface area contributed by atoms with E-state index in [2.05, 4.69) is 5.32 Å². The van der Waals surface area contributed by atoms with Crippen LogP contribution in [-0.2, 0) is 11.4 Å². The van der Waals surface area contributed by atoms with Crippen LogP contribution in [0.4, 0.5) is 4.39 Å². The molecule has 1 saturated heterocycles. The van der Waals surface area contributed by atoms with Gasteiger partial charge < -0.3 is 14.8 Å². The number of hydrogen-bond donors (Lipinski definition) is 1. The van der Waals surface area contributed by atoms with Crippen molar-refractivity contribution in [2.75, 3.05) is 13.7 Å². The summed E-state index contributed by atoms with van der Waals surface area (Å²) in [5, 5.41) is 3.37. The lowest BCUT2D eigenvalue weighted by Crippen LogP contribution is -2.31. The molecule has 0 bridgehead atoms. The summed E-state index contributed by atoms with van der Waals surface area (Å²) in [6.45, 7) is 2.79. The molecule has 1 N–H and O–H groups in total. The molecule has 1 fully saturated rings.